The van der Waals surface area contributed by atoms with Gasteiger partial charge in [0.05, 0.1) is 5.56 Å². The Morgan fingerprint density at radius 1 is 1.07 bits per heavy atom. The lowest BCUT2D eigenvalue weighted by atomic mass is 9.95. The number of amides is 1. The number of aromatic hydroxyl groups is 1. The number of phenols is 1. The number of phenolic OH excluding ortho intramolecular Hbond substituents is 1. The van der Waals surface area contributed by atoms with Crippen molar-refractivity contribution in [2.24, 2.45) is 4.99 Å². The van der Waals surface area contributed by atoms with Crippen LogP contribution in [-0.2, 0) is 19.4 Å². The van der Waals surface area contributed by atoms with Gasteiger partial charge in [0.25, 0.3) is 5.91 Å². The van der Waals surface area contributed by atoms with Crippen molar-refractivity contribution in [1.29, 1.82) is 0 Å². The van der Waals surface area contributed by atoms with E-state index in [-0.39, 0.29) is 11.7 Å². The maximum atomic E-state index is 13.0. The number of fused-ring (bicyclic) bond motifs is 1. The largest absolute Gasteiger partial charge is 0.507 e. The third kappa shape index (κ3) is 3.99. The summed E-state index contributed by atoms with van der Waals surface area (Å²) in [6, 6.07) is 17.0. The summed E-state index contributed by atoms with van der Waals surface area (Å²) in [7, 11) is 0. The molecule has 0 unspecified atom stereocenters. The van der Waals surface area contributed by atoms with Crippen LogP contribution in [0.1, 0.15) is 44.8 Å². The summed E-state index contributed by atoms with van der Waals surface area (Å²) in [6.45, 7) is 0.493. The summed E-state index contributed by atoms with van der Waals surface area (Å²) >= 11 is 1.60. The van der Waals surface area contributed by atoms with E-state index < -0.39 is 0 Å². The van der Waals surface area contributed by atoms with Gasteiger partial charge in [0.15, 0.2) is 0 Å². The molecule has 2 N–H and O–H groups in total. The average molecular weight is 391 g/mol. The van der Waals surface area contributed by atoms with Crippen LogP contribution in [0, 0.1) is 0 Å². The Hall–Kier alpha value is -2.92. The number of rotatable bonds is 5. The van der Waals surface area contributed by atoms with Crippen LogP contribution in [0.25, 0.3) is 0 Å². The van der Waals surface area contributed by atoms with Crippen molar-refractivity contribution >= 4 is 28.5 Å². The van der Waals surface area contributed by atoms with Gasteiger partial charge in [-0.05, 0) is 48.9 Å². The number of para-hydroxylation sites is 1. The van der Waals surface area contributed by atoms with Gasteiger partial charge < -0.3 is 10.4 Å². The maximum Gasteiger partial charge on any atom is 0.254 e. The van der Waals surface area contributed by atoms with Crippen molar-refractivity contribution in [3.05, 3.63) is 81.7 Å². The molecule has 1 aliphatic rings. The molecule has 0 spiro atoms. The molecule has 28 heavy (non-hydrogen) atoms. The number of carbonyl (C=O) groups excluding carboxylic acids is 1. The van der Waals surface area contributed by atoms with Crippen LogP contribution in [0.4, 0.5) is 5.00 Å². The maximum absolute atomic E-state index is 13.0. The monoisotopic (exact) mass is 390 g/mol. The highest BCUT2D eigenvalue weighted by molar-refractivity contribution is 7.16. The number of nitrogens with one attached hydrogen (secondary N) is 1. The van der Waals surface area contributed by atoms with Gasteiger partial charge in [0.2, 0.25) is 0 Å². The van der Waals surface area contributed by atoms with Crippen LogP contribution in [0.15, 0.2) is 59.6 Å². The molecule has 142 valence electrons. The quantitative estimate of drug-likeness (QED) is 0.601. The number of carbonyl (C=O) groups is 1. The minimum atomic E-state index is -0.0762. The second-order valence-corrected chi connectivity index (χ2v) is 7.96. The molecule has 2 aromatic carbocycles. The summed E-state index contributed by atoms with van der Waals surface area (Å²) in [5.41, 5.74) is 3.55. The van der Waals surface area contributed by atoms with E-state index in [1.165, 1.54) is 4.88 Å². The van der Waals surface area contributed by atoms with E-state index in [4.69, 9.17) is 0 Å². The van der Waals surface area contributed by atoms with Crippen molar-refractivity contribution in [2.45, 2.75) is 32.2 Å². The standard InChI is InChI=1S/C23H22N2O2S/c26-19-12-6-4-10-17(19)15-25-23-21(18-11-5-7-13-20(18)28-23)22(27)24-14-16-8-2-1-3-9-16/h1-4,6,8-10,12,15,26H,5,7,11,13-14H2,(H,24,27). The van der Waals surface area contributed by atoms with E-state index in [1.54, 1.807) is 29.7 Å². The van der Waals surface area contributed by atoms with Gasteiger partial charge in [-0.2, -0.15) is 0 Å². The first kappa shape index (κ1) is 18.4. The summed E-state index contributed by atoms with van der Waals surface area (Å²) in [5.74, 6) is 0.107. The Balaban J connectivity index is 1.62. The molecule has 1 heterocycles. The Bertz CT molecular complexity index is 1010. The van der Waals surface area contributed by atoms with Crippen molar-refractivity contribution < 1.29 is 9.90 Å². The predicted octanol–water partition coefficient (Wildman–Crippen LogP) is 5.01. The molecule has 0 saturated carbocycles. The molecule has 0 fully saturated rings. The number of aryl methyl sites for hydroxylation is 1. The average Bonchev–Trinajstić information content (AvgIpc) is 3.10. The minimum Gasteiger partial charge on any atom is -0.507 e. The number of benzene rings is 2. The Labute approximate surface area is 168 Å². The van der Waals surface area contributed by atoms with Gasteiger partial charge in [-0.25, -0.2) is 4.99 Å². The fourth-order valence-electron chi connectivity index (χ4n) is 3.47. The molecule has 0 saturated heterocycles. The molecule has 3 aromatic rings. The number of nitrogens with zero attached hydrogens (tertiary/aromatic N) is 1. The first-order valence-corrected chi connectivity index (χ1v) is 10.3. The van der Waals surface area contributed by atoms with Crippen molar-refractivity contribution in [2.75, 3.05) is 0 Å². The van der Waals surface area contributed by atoms with E-state index in [1.807, 2.05) is 42.5 Å². The summed E-state index contributed by atoms with van der Waals surface area (Å²) < 4.78 is 0. The second-order valence-electron chi connectivity index (χ2n) is 6.88. The summed E-state index contributed by atoms with van der Waals surface area (Å²) in [5, 5.41) is 13.7. The van der Waals surface area contributed by atoms with Gasteiger partial charge in [-0.15, -0.1) is 11.3 Å². The number of aliphatic imine (C=N–C) groups is 1. The lowest BCUT2D eigenvalue weighted by Crippen LogP contribution is -2.24. The zero-order valence-electron chi connectivity index (χ0n) is 15.5. The first-order valence-electron chi connectivity index (χ1n) is 9.51. The molecule has 1 amide bonds. The molecule has 4 nitrogen and oxygen atoms in total. The Morgan fingerprint density at radius 3 is 2.64 bits per heavy atom. The zero-order valence-corrected chi connectivity index (χ0v) is 16.3. The molecular weight excluding hydrogens is 368 g/mol. The molecule has 1 aromatic heterocycles. The van der Waals surface area contributed by atoms with Crippen LogP contribution in [0.3, 0.4) is 0 Å². The molecule has 0 atom stereocenters. The van der Waals surface area contributed by atoms with Gasteiger partial charge in [-0.3, -0.25) is 4.79 Å². The fraction of sp³-hybridized carbons (Fsp3) is 0.217. The van der Waals surface area contributed by atoms with Crippen LogP contribution in [0.5, 0.6) is 5.75 Å². The van der Waals surface area contributed by atoms with Gasteiger partial charge in [0, 0.05) is 23.2 Å². The highest BCUT2D eigenvalue weighted by Crippen LogP contribution is 2.40. The predicted molar refractivity (Wildman–Crippen MR) is 114 cm³/mol. The highest BCUT2D eigenvalue weighted by Gasteiger charge is 2.25. The molecule has 1 aliphatic carbocycles. The minimum absolute atomic E-state index is 0.0762. The third-order valence-corrected chi connectivity index (χ3v) is 6.13. The van der Waals surface area contributed by atoms with Crippen molar-refractivity contribution in [3.63, 3.8) is 0 Å². The van der Waals surface area contributed by atoms with Gasteiger partial charge in [-0.1, -0.05) is 42.5 Å². The summed E-state index contributed by atoms with van der Waals surface area (Å²) in [6.07, 6.45) is 5.82. The molecule has 0 radical (unpaired) electrons. The summed E-state index contributed by atoms with van der Waals surface area (Å²) in [4.78, 5) is 18.9. The van der Waals surface area contributed by atoms with Crippen LogP contribution in [-0.4, -0.2) is 17.2 Å². The lowest BCUT2D eigenvalue weighted by molar-refractivity contribution is 0.0951. The normalized spacial score (nSPS) is 13.4. The van der Waals surface area contributed by atoms with E-state index in [0.717, 1.165) is 41.8 Å². The fourth-order valence-corrected chi connectivity index (χ4v) is 4.70. The molecule has 4 rings (SSSR count). The number of hydrogen-bond donors (Lipinski definition) is 2. The topological polar surface area (TPSA) is 61.7 Å². The van der Waals surface area contributed by atoms with E-state index in [0.29, 0.717) is 17.7 Å². The number of thiophene rings is 1. The molecular formula is C23H22N2O2S. The van der Waals surface area contributed by atoms with Crippen LogP contribution in [0.2, 0.25) is 0 Å². The SMILES string of the molecule is O=C(NCc1ccccc1)c1c(N=Cc2ccccc2O)sc2c1CCCC2. The van der Waals surface area contributed by atoms with Crippen LogP contribution >= 0.6 is 11.3 Å². The van der Waals surface area contributed by atoms with Gasteiger partial charge in [0.1, 0.15) is 10.8 Å². The smallest absolute Gasteiger partial charge is 0.254 e. The Kier molecular flexibility index (Phi) is 5.53. The number of hydrogen-bond acceptors (Lipinski definition) is 4. The molecule has 0 bridgehead atoms. The lowest BCUT2D eigenvalue weighted by Gasteiger charge is -2.12. The van der Waals surface area contributed by atoms with Crippen molar-refractivity contribution in [3.8, 4) is 5.75 Å². The Morgan fingerprint density at radius 2 is 1.82 bits per heavy atom. The van der Waals surface area contributed by atoms with Gasteiger partial charge >= 0.3 is 0 Å². The molecule has 5 heteroatoms. The van der Waals surface area contributed by atoms with Crippen molar-refractivity contribution in [1.82, 2.24) is 5.32 Å². The highest BCUT2D eigenvalue weighted by atomic mass is 32.1. The third-order valence-electron chi connectivity index (χ3n) is 4.93. The second kappa shape index (κ2) is 8.40. The molecule has 0 aliphatic heterocycles. The van der Waals surface area contributed by atoms with E-state index >= 15 is 0 Å². The first-order chi connectivity index (χ1) is 13.7. The van der Waals surface area contributed by atoms with E-state index in [9.17, 15) is 9.90 Å². The van der Waals surface area contributed by atoms with E-state index in [2.05, 4.69) is 10.3 Å². The zero-order chi connectivity index (χ0) is 19.3. The van der Waals surface area contributed by atoms with Crippen LogP contribution < -0.4 is 5.32 Å².